The first-order valence-corrected chi connectivity index (χ1v) is 8.09. The Labute approximate surface area is 151 Å². The van der Waals surface area contributed by atoms with Crippen LogP contribution in [0.25, 0.3) is 16.7 Å². The van der Waals surface area contributed by atoms with Crippen LogP contribution in [0.2, 0.25) is 0 Å². The molecule has 0 aliphatic carbocycles. The van der Waals surface area contributed by atoms with E-state index in [0.717, 1.165) is 11.1 Å². The topological polar surface area (TPSA) is 99.9 Å². The highest BCUT2D eigenvalue weighted by Gasteiger charge is 2.39. The number of nitrogen functional groups attached to an aromatic ring is 1. The van der Waals surface area contributed by atoms with Gasteiger partial charge >= 0.3 is 5.97 Å². The Hall–Kier alpha value is -3.57. The van der Waals surface area contributed by atoms with Crippen LogP contribution in [-0.4, -0.2) is 11.6 Å². The number of nitrogens with zero attached hydrogens (tertiary/aromatic N) is 2. The summed E-state index contributed by atoms with van der Waals surface area (Å²) in [5.41, 5.74) is 8.63. The van der Waals surface area contributed by atoms with Gasteiger partial charge in [-0.1, -0.05) is 30.3 Å². The van der Waals surface area contributed by atoms with Crippen LogP contribution in [0, 0.1) is 22.7 Å². The van der Waals surface area contributed by atoms with Crippen LogP contribution in [0.5, 0.6) is 0 Å². The second kappa shape index (κ2) is 6.06. The second-order valence-electron chi connectivity index (χ2n) is 6.62. The Morgan fingerprint density at radius 1 is 1.04 bits per heavy atom. The zero-order chi connectivity index (χ0) is 19.1. The lowest BCUT2D eigenvalue weighted by Gasteiger charge is -2.18. The molecule has 3 rings (SSSR count). The summed E-state index contributed by atoms with van der Waals surface area (Å²) in [6.07, 6.45) is 0. The van der Waals surface area contributed by atoms with Crippen molar-refractivity contribution in [2.24, 2.45) is 0 Å². The summed E-state index contributed by atoms with van der Waals surface area (Å²) < 4.78 is 5.44. The Balaban J connectivity index is 2.40. The largest absolute Gasteiger partial charge is 0.451 e. The Bertz CT molecular complexity index is 1040. The lowest BCUT2D eigenvalue weighted by atomic mass is 9.86. The summed E-state index contributed by atoms with van der Waals surface area (Å²) in [6.45, 7) is 5.40. The van der Waals surface area contributed by atoms with Gasteiger partial charge in [-0.3, -0.25) is 0 Å². The molecule has 1 aliphatic rings. The van der Waals surface area contributed by atoms with Gasteiger partial charge in [0.2, 0.25) is 0 Å². The van der Waals surface area contributed by atoms with Gasteiger partial charge in [-0.2, -0.15) is 10.5 Å². The summed E-state index contributed by atoms with van der Waals surface area (Å²) in [6, 6.07) is 15.1. The summed E-state index contributed by atoms with van der Waals surface area (Å²) in [5.74, 6) is -0.493. The van der Waals surface area contributed by atoms with Gasteiger partial charge in [-0.05, 0) is 38.0 Å². The maximum absolute atomic E-state index is 12.5. The fraction of sp³-hybridized carbons (Fsp3) is 0.190. The Morgan fingerprint density at radius 3 is 2.12 bits per heavy atom. The molecule has 0 aromatic heterocycles. The van der Waals surface area contributed by atoms with E-state index in [1.807, 2.05) is 36.4 Å². The number of carbonyl (C=O) groups excluding carboxylic acids is 1. The predicted molar refractivity (Wildman–Crippen MR) is 98.5 cm³/mol. The van der Waals surface area contributed by atoms with Gasteiger partial charge in [0, 0.05) is 11.1 Å². The van der Waals surface area contributed by atoms with Crippen LogP contribution in [0.1, 0.15) is 37.5 Å². The number of nitrogens with two attached hydrogens (primary N) is 1. The number of carbonyl (C=O) groups is 1. The molecule has 2 N–H and O–H groups in total. The summed E-state index contributed by atoms with van der Waals surface area (Å²) >= 11 is 0. The Morgan fingerprint density at radius 2 is 1.62 bits per heavy atom. The van der Waals surface area contributed by atoms with Crippen LogP contribution in [-0.2, 0) is 9.53 Å². The highest BCUT2D eigenvalue weighted by atomic mass is 16.6. The molecule has 128 valence electrons. The van der Waals surface area contributed by atoms with Crippen LogP contribution in [0.4, 0.5) is 5.69 Å². The monoisotopic (exact) mass is 343 g/mol. The predicted octanol–water partition coefficient (Wildman–Crippen LogP) is 3.79. The highest BCUT2D eigenvalue weighted by molar-refractivity contribution is 6.21. The van der Waals surface area contributed by atoms with E-state index in [1.165, 1.54) is 0 Å². The minimum Gasteiger partial charge on any atom is -0.451 e. The van der Waals surface area contributed by atoms with Crippen molar-refractivity contribution in [3.05, 3.63) is 58.7 Å². The van der Waals surface area contributed by atoms with E-state index in [2.05, 4.69) is 6.07 Å². The first-order valence-electron chi connectivity index (χ1n) is 8.09. The van der Waals surface area contributed by atoms with E-state index >= 15 is 0 Å². The van der Waals surface area contributed by atoms with E-state index in [-0.39, 0.29) is 16.8 Å². The molecule has 0 amide bonds. The third-order valence-electron chi connectivity index (χ3n) is 4.77. The number of anilines is 1. The molecule has 0 saturated carbocycles. The van der Waals surface area contributed by atoms with Crippen LogP contribution >= 0.6 is 0 Å². The van der Waals surface area contributed by atoms with Crippen molar-refractivity contribution < 1.29 is 9.53 Å². The molecule has 0 fully saturated rings. The normalized spacial score (nSPS) is 15.3. The summed E-state index contributed by atoms with van der Waals surface area (Å²) in [5, 5.41) is 19.2. The number of hydrogen-bond donors (Lipinski definition) is 1. The highest BCUT2D eigenvalue weighted by Crippen LogP contribution is 2.42. The van der Waals surface area contributed by atoms with E-state index in [9.17, 15) is 15.3 Å². The molecule has 0 unspecified atom stereocenters. The second-order valence-corrected chi connectivity index (χ2v) is 6.62. The molecule has 26 heavy (non-hydrogen) atoms. The Kier molecular flexibility index (Phi) is 4.02. The van der Waals surface area contributed by atoms with Gasteiger partial charge in [-0.15, -0.1) is 0 Å². The van der Waals surface area contributed by atoms with E-state index in [0.29, 0.717) is 16.7 Å². The fourth-order valence-corrected chi connectivity index (χ4v) is 3.11. The van der Waals surface area contributed by atoms with Crippen molar-refractivity contribution in [2.45, 2.75) is 26.4 Å². The zero-order valence-electron chi connectivity index (χ0n) is 14.8. The standard InChI is InChI=1S/C21H17N3O2/c1-12-18(20(25)26-21(12,2)3)15-9-14(13-7-5-4-6-8-13)16(10-22)19(24)17(15)11-23/h4-9H,24H2,1-3H3. The van der Waals surface area contributed by atoms with Crippen LogP contribution in [0.15, 0.2) is 42.0 Å². The van der Waals surface area contributed by atoms with Gasteiger partial charge in [-0.25, -0.2) is 4.79 Å². The summed E-state index contributed by atoms with van der Waals surface area (Å²) in [7, 11) is 0. The number of rotatable bonds is 2. The van der Waals surface area contributed by atoms with Crippen molar-refractivity contribution in [3.63, 3.8) is 0 Å². The molecule has 1 aliphatic heterocycles. The SMILES string of the molecule is CC1=C(c2cc(-c3ccccc3)c(C#N)c(N)c2C#N)C(=O)OC1(C)C. The molecule has 5 nitrogen and oxygen atoms in total. The minimum absolute atomic E-state index is 0.0733. The lowest BCUT2D eigenvalue weighted by molar-refractivity contribution is -0.142. The number of cyclic esters (lactones) is 1. The number of hydrogen-bond acceptors (Lipinski definition) is 5. The molecule has 0 spiro atoms. The van der Waals surface area contributed by atoms with E-state index in [1.54, 1.807) is 26.8 Å². The molecule has 0 saturated heterocycles. The number of ether oxygens (including phenoxy) is 1. The van der Waals surface area contributed by atoms with E-state index in [4.69, 9.17) is 10.5 Å². The maximum atomic E-state index is 12.5. The quantitative estimate of drug-likeness (QED) is 0.660. The third-order valence-corrected chi connectivity index (χ3v) is 4.77. The minimum atomic E-state index is -0.755. The van der Waals surface area contributed by atoms with Gasteiger partial charge in [0.1, 0.15) is 17.7 Å². The molecule has 2 aromatic carbocycles. The molecule has 2 aromatic rings. The molecular weight excluding hydrogens is 326 g/mol. The molecule has 0 atom stereocenters. The first kappa shape index (κ1) is 17.3. The molecule has 0 radical (unpaired) electrons. The first-order chi connectivity index (χ1) is 12.3. The van der Waals surface area contributed by atoms with Crippen LogP contribution in [0.3, 0.4) is 0 Å². The number of nitriles is 2. The maximum Gasteiger partial charge on any atom is 0.339 e. The van der Waals surface area contributed by atoms with E-state index < -0.39 is 11.6 Å². The van der Waals surface area contributed by atoms with Crippen LogP contribution < -0.4 is 5.73 Å². The van der Waals surface area contributed by atoms with Gasteiger partial charge in [0.05, 0.1) is 22.4 Å². The number of esters is 1. The lowest BCUT2D eigenvalue weighted by Crippen LogP contribution is -2.21. The fourth-order valence-electron chi connectivity index (χ4n) is 3.11. The van der Waals surface area contributed by atoms with Crippen molar-refractivity contribution >= 4 is 17.2 Å². The van der Waals surface area contributed by atoms with Crippen molar-refractivity contribution in [1.82, 2.24) is 0 Å². The average Bonchev–Trinajstić information content (AvgIpc) is 2.82. The molecule has 0 bridgehead atoms. The number of benzene rings is 2. The molecular formula is C21H17N3O2. The zero-order valence-corrected chi connectivity index (χ0v) is 14.8. The average molecular weight is 343 g/mol. The molecule has 5 heteroatoms. The van der Waals surface area contributed by atoms with Crippen molar-refractivity contribution in [1.29, 1.82) is 10.5 Å². The van der Waals surface area contributed by atoms with Gasteiger partial charge in [0.25, 0.3) is 0 Å². The van der Waals surface area contributed by atoms with Gasteiger partial charge in [0.15, 0.2) is 0 Å². The summed E-state index contributed by atoms with van der Waals surface area (Å²) in [4.78, 5) is 12.5. The van der Waals surface area contributed by atoms with Crippen molar-refractivity contribution in [3.8, 4) is 23.3 Å². The van der Waals surface area contributed by atoms with Crippen molar-refractivity contribution in [2.75, 3.05) is 5.73 Å². The molecule has 1 heterocycles. The van der Waals surface area contributed by atoms with Gasteiger partial charge < -0.3 is 10.5 Å². The smallest absolute Gasteiger partial charge is 0.339 e. The third kappa shape index (κ3) is 2.51.